The van der Waals surface area contributed by atoms with Crippen molar-refractivity contribution in [3.05, 3.63) is 0 Å². The maximum Gasteiger partial charge on any atom is 0.0571 e. The maximum atomic E-state index is 9.97. The summed E-state index contributed by atoms with van der Waals surface area (Å²) >= 11 is 0. The molecular weight excluding hydrogens is 172 g/mol. The van der Waals surface area contributed by atoms with Gasteiger partial charge in [0.15, 0.2) is 0 Å². The number of hydrogen-bond acceptors (Lipinski definition) is 1. The summed E-state index contributed by atoms with van der Waals surface area (Å²) in [5.74, 6) is 2.87. The van der Waals surface area contributed by atoms with Gasteiger partial charge in [0.25, 0.3) is 0 Å². The van der Waals surface area contributed by atoms with Gasteiger partial charge in [-0.15, -0.1) is 0 Å². The van der Waals surface area contributed by atoms with Gasteiger partial charge >= 0.3 is 0 Å². The summed E-state index contributed by atoms with van der Waals surface area (Å²) in [7, 11) is 0. The highest BCUT2D eigenvalue weighted by atomic mass is 16.3. The lowest BCUT2D eigenvalue weighted by Crippen LogP contribution is -2.34. The standard InChI is InChI=1S/C13H26O/c1-5-10(4)12-8-11(9(2)3)6-7-13(12)14/h9-14H,5-8H2,1-4H3. The first-order chi connectivity index (χ1) is 6.56. The third kappa shape index (κ3) is 2.73. The smallest absolute Gasteiger partial charge is 0.0571 e. The van der Waals surface area contributed by atoms with Crippen LogP contribution < -0.4 is 0 Å². The van der Waals surface area contributed by atoms with Gasteiger partial charge in [-0.05, 0) is 42.9 Å². The van der Waals surface area contributed by atoms with E-state index in [9.17, 15) is 5.11 Å². The summed E-state index contributed by atoms with van der Waals surface area (Å²) in [5, 5.41) is 9.97. The van der Waals surface area contributed by atoms with Crippen LogP contribution in [0.1, 0.15) is 53.4 Å². The van der Waals surface area contributed by atoms with E-state index in [1.807, 2.05) is 0 Å². The summed E-state index contributed by atoms with van der Waals surface area (Å²) in [4.78, 5) is 0. The molecule has 1 heteroatoms. The molecule has 4 unspecified atom stereocenters. The second kappa shape index (κ2) is 5.16. The van der Waals surface area contributed by atoms with Crippen LogP contribution in [0.3, 0.4) is 0 Å². The molecule has 1 saturated carbocycles. The minimum atomic E-state index is -0.0278. The fourth-order valence-corrected chi connectivity index (χ4v) is 2.74. The first-order valence-corrected chi connectivity index (χ1v) is 6.24. The molecule has 1 aliphatic rings. The largest absolute Gasteiger partial charge is 0.393 e. The molecule has 0 radical (unpaired) electrons. The molecule has 0 bridgehead atoms. The van der Waals surface area contributed by atoms with Gasteiger partial charge in [-0.1, -0.05) is 34.1 Å². The van der Waals surface area contributed by atoms with Crippen LogP contribution in [-0.4, -0.2) is 11.2 Å². The van der Waals surface area contributed by atoms with E-state index >= 15 is 0 Å². The molecular formula is C13H26O. The Balaban J connectivity index is 2.55. The molecule has 1 N–H and O–H groups in total. The van der Waals surface area contributed by atoms with Crippen LogP contribution in [0.15, 0.2) is 0 Å². The molecule has 4 atom stereocenters. The normalized spacial score (nSPS) is 36.0. The highest BCUT2D eigenvalue weighted by molar-refractivity contribution is 4.83. The van der Waals surface area contributed by atoms with Crippen molar-refractivity contribution in [1.29, 1.82) is 0 Å². The zero-order chi connectivity index (χ0) is 10.7. The molecule has 0 aromatic heterocycles. The van der Waals surface area contributed by atoms with Gasteiger partial charge in [0.05, 0.1) is 6.10 Å². The topological polar surface area (TPSA) is 20.2 Å². The lowest BCUT2D eigenvalue weighted by Gasteiger charge is -2.38. The van der Waals surface area contributed by atoms with Gasteiger partial charge < -0.3 is 5.11 Å². The zero-order valence-electron chi connectivity index (χ0n) is 10.2. The maximum absolute atomic E-state index is 9.97. The molecule has 1 fully saturated rings. The van der Waals surface area contributed by atoms with Crippen molar-refractivity contribution in [1.82, 2.24) is 0 Å². The summed E-state index contributed by atoms with van der Waals surface area (Å²) in [6.07, 6.45) is 4.67. The fourth-order valence-electron chi connectivity index (χ4n) is 2.74. The molecule has 0 heterocycles. The Kier molecular flexibility index (Phi) is 4.43. The SMILES string of the molecule is CCC(C)C1CC(C(C)C)CCC1O. The third-order valence-corrected chi connectivity index (χ3v) is 4.22. The molecule has 0 spiro atoms. The van der Waals surface area contributed by atoms with Crippen LogP contribution in [0, 0.1) is 23.7 Å². The van der Waals surface area contributed by atoms with Crippen molar-refractivity contribution in [2.24, 2.45) is 23.7 Å². The Morgan fingerprint density at radius 1 is 1.21 bits per heavy atom. The molecule has 0 saturated heterocycles. The van der Waals surface area contributed by atoms with Gasteiger partial charge in [-0.25, -0.2) is 0 Å². The quantitative estimate of drug-likeness (QED) is 0.736. The molecule has 0 aromatic carbocycles. The van der Waals surface area contributed by atoms with E-state index < -0.39 is 0 Å². The van der Waals surface area contributed by atoms with E-state index in [2.05, 4.69) is 27.7 Å². The van der Waals surface area contributed by atoms with Crippen molar-refractivity contribution < 1.29 is 5.11 Å². The first kappa shape index (κ1) is 12.0. The average Bonchev–Trinajstić information content (AvgIpc) is 2.17. The molecule has 0 aromatic rings. The number of aliphatic hydroxyl groups is 1. The van der Waals surface area contributed by atoms with E-state index in [1.54, 1.807) is 0 Å². The lowest BCUT2D eigenvalue weighted by molar-refractivity contribution is 0.0108. The fraction of sp³-hybridized carbons (Fsp3) is 1.00. The van der Waals surface area contributed by atoms with Crippen LogP contribution in [0.4, 0.5) is 0 Å². The van der Waals surface area contributed by atoms with E-state index in [0.717, 1.165) is 18.3 Å². The van der Waals surface area contributed by atoms with Crippen LogP contribution in [0.5, 0.6) is 0 Å². The Morgan fingerprint density at radius 2 is 1.86 bits per heavy atom. The molecule has 84 valence electrons. The van der Waals surface area contributed by atoms with Gasteiger partial charge in [0, 0.05) is 0 Å². The predicted molar refractivity (Wildman–Crippen MR) is 61.1 cm³/mol. The number of rotatable bonds is 3. The highest BCUT2D eigenvalue weighted by Crippen LogP contribution is 2.38. The second-order valence-corrected chi connectivity index (χ2v) is 5.43. The van der Waals surface area contributed by atoms with E-state index in [0.29, 0.717) is 11.8 Å². The Labute approximate surface area is 88.9 Å². The molecule has 14 heavy (non-hydrogen) atoms. The summed E-state index contributed by atoms with van der Waals surface area (Å²) in [5.41, 5.74) is 0. The lowest BCUT2D eigenvalue weighted by atomic mass is 9.70. The number of hydrogen-bond donors (Lipinski definition) is 1. The van der Waals surface area contributed by atoms with Crippen molar-refractivity contribution >= 4 is 0 Å². The first-order valence-electron chi connectivity index (χ1n) is 6.24. The molecule has 0 amide bonds. The Hall–Kier alpha value is -0.0400. The van der Waals surface area contributed by atoms with Crippen LogP contribution in [0.25, 0.3) is 0 Å². The van der Waals surface area contributed by atoms with Crippen LogP contribution >= 0.6 is 0 Å². The van der Waals surface area contributed by atoms with Gasteiger partial charge in [-0.2, -0.15) is 0 Å². The van der Waals surface area contributed by atoms with Gasteiger partial charge in [0.1, 0.15) is 0 Å². The van der Waals surface area contributed by atoms with Crippen molar-refractivity contribution in [3.63, 3.8) is 0 Å². The van der Waals surface area contributed by atoms with E-state index in [1.165, 1.54) is 19.3 Å². The highest BCUT2D eigenvalue weighted by Gasteiger charge is 2.32. The van der Waals surface area contributed by atoms with Crippen molar-refractivity contribution in [3.8, 4) is 0 Å². The monoisotopic (exact) mass is 198 g/mol. The van der Waals surface area contributed by atoms with Crippen LogP contribution in [-0.2, 0) is 0 Å². The average molecular weight is 198 g/mol. The number of aliphatic hydroxyl groups excluding tert-OH is 1. The van der Waals surface area contributed by atoms with Crippen LogP contribution in [0.2, 0.25) is 0 Å². The summed E-state index contributed by atoms with van der Waals surface area (Å²) in [6.45, 7) is 9.15. The minimum Gasteiger partial charge on any atom is -0.393 e. The van der Waals surface area contributed by atoms with Gasteiger partial charge in [0.2, 0.25) is 0 Å². The van der Waals surface area contributed by atoms with Crippen molar-refractivity contribution in [2.45, 2.75) is 59.5 Å². The molecule has 1 nitrogen and oxygen atoms in total. The second-order valence-electron chi connectivity index (χ2n) is 5.43. The summed E-state index contributed by atoms with van der Waals surface area (Å²) < 4.78 is 0. The molecule has 0 aliphatic heterocycles. The Morgan fingerprint density at radius 3 is 2.36 bits per heavy atom. The molecule has 1 rings (SSSR count). The minimum absolute atomic E-state index is 0.0278. The predicted octanol–water partition coefficient (Wildman–Crippen LogP) is 3.47. The summed E-state index contributed by atoms with van der Waals surface area (Å²) in [6, 6.07) is 0. The Bertz CT molecular complexity index is 161. The zero-order valence-corrected chi connectivity index (χ0v) is 10.2. The van der Waals surface area contributed by atoms with Gasteiger partial charge in [-0.3, -0.25) is 0 Å². The van der Waals surface area contributed by atoms with E-state index in [4.69, 9.17) is 0 Å². The van der Waals surface area contributed by atoms with Crippen molar-refractivity contribution in [2.75, 3.05) is 0 Å². The third-order valence-electron chi connectivity index (χ3n) is 4.22. The molecule has 1 aliphatic carbocycles. The van der Waals surface area contributed by atoms with E-state index in [-0.39, 0.29) is 6.10 Å².